The van der Waals surface area contributed by atoms with Gasteiger partial charge in [0.2, 0.25) is 0 Å². The van der Waals surface area contributed by atoms with Gasteiger partial charge >= 0.3 is 0 Å². The number of ether oxygens (including phenoxy) is 2. The van der Waals surface area contributed by atoms with Crippen LogP contribution >= 0.6 is 0 Å². The number of hydrogen-bond donors (Lipinski definition) is 1. The summed E-state index contributed by atoms with van der Waals surface area (Å²) in [4.78, 5) is 0. The van der Waals surface area contributed by atoms with E-state index in [1.165, 1.54) is 205 Å². The largest absolute Gasteiger partial charge is 0.379 e. The molecule has 3 nitrogen and oxygen atoms in total. The summed E-state index contributed by atoms with van der Waals surface area (Å²) in [5.74, 6) is 0. The van der Waals surface area contributed by atoms with Gasteiger partial charge in [-0.2, -0.15) is 0 Å². The van der Waals surface area contributed by atoms with Crippen LogP contribution in [0, 0.1) is 0 Å². The Morgan fingerprint density at radius 1 is 0.372 bits per heavy atom. The quantitative estimate of drug-likeness (QED) is 0.0705. The van der Waals surface area contributed by atoms with E-state index in [1.807, 2.05) is 0 Å². The van der Waals surface area contributed by atoms with E-state index in [0.29, 0.717) is 6.54 Å². The van der Waals surface area contributed by atoms with Gasteiger partial charge in [-0.15, -0.1) is 0 Å². The maximum atomic E-state index is 6.13. The van der Waals surface area contributed by atoms with E-state index in [0.717, 1.165) is 26.2 Å². The smallest absolute Gasteiger partial charge is 0.0820 e. The van der Waals surface area contributed by atoms with Gasteiger partial charge in [-0.05, 0) is 25.8 Å². The third-order valence-electron chi connectivity index (χ3n) is 9.29. The highest BCUT2D eigenvalue weighted by atomic mass is 16.5. The molecule has 0 aliphatic heterocycles. The number of rotatable bonds is 39. The second-order valence-electron chi connectivity index (χ2n) is 13.8. The van der Waals surface area contributed by atoms with E-state index in [9.17, 15) is 0 Å². The first-order valence-electron chi connectivity index (χ1n) is 20.2. The van der Waals surface area contributed by atoms with Crippen molar-refractivity contribution in [2.45, 2.75) is 232 Å². The topological polar surface area (TPSA) is 44.5 Å². The lowest BCUT2D eigenvalue weighted by Gasteiger charge is -2.17. The van der Waals surface area contributed by atoms with Crippen LogP contribution in [0.25, 0.3) is 0 Å². The van der Waals surface area contributed by atoms with Gasteiger partial charge in [0.1, 0.15) is 0 Å². The first-order chi connectivity index (χ1) is 21.3. The van der Waals surface area contributed by atoms with Crippen molar-refractivity contribution in [3.63, 3.8) is 0 Å². The summed E-state index contributed by atoms with van der Waals surface area (Å²) in [6.45, 7) is 7.75. The molecule has 0 rings (SSSR count). The van der Waals surface area contributed by atoms with Crippen LogP contribution in [-0.2, 0) is 9.47 Å². The summed E-state index contributed by atoms with van der Waals surface area (Å²) in [5, 5.41) is 0. The van der Waals surface area contributed by atoms with E-state index in [1.54, 1.807) is 0 Å². The van der Waals surface area contributed by atoms with Crippen molar-refractivity contribution in [2.75, 3.05) is 26.4 Å². The zero-order valence-electron chi connectivity index (χ0n) is 30.1. The molecule has 0 aliphatic rings. The van der Waals surface area contributed by atoms with Crippen LogP contribution in [0.3, 0.4) is 0 Å². The molecule has 0 aromatic rings. The van der Waals surface area contributed by atoms with E-state index >= 15 is 0 Å². The Morgan fingerprint density at radius 3 is 0.953 bits per heavy atom. The van der Waals surface area contributed by atoms with Gasteiger partial charge < -0.3 is 15.2 Å². The molecule has 0 aromatic carbocycles. The molecule has 43 heavy (non-hydrogen) atoms. The molecule has 1 atom stereocenters. The van der Waals surface area contributed by atoms with Crippen molar-refractivity contribution >= 4 is 0 Å². The molecule has 0 saturated heterocycles. The van der Waals surface area contributed by atoms with E-state index in [4.69, 9.17) is 15.2 Å². The summed E-state index contributed by atoms with van der Waals surface area (Å²) < 4.78 is 12.1. The zero-order chi connectivity index (χ0) is 31.2. The van der Waals surface area contributed by atoms with Gasteiger partial charge in [-0.1, -0.05) is 206 Å². The highest BCUT2D eigenvalue weighted by Gasteiger charge is 2.08. The highest BCUT2D eigenvalue weighted by molar-refractivity contribution is 4.59. The molecule has 0 saturated carbocycles. The first kappa shape index (κ1) is 42.9. The van der Waals surface area contributed by atoms with E-state index < -0.39 is 0 Å². The molecule has 0 heterocycles. The lowest BCUT2D eigenvalue weighted by atomic mass is 10.0. The predicted molar refractivity (Wildman–Crippen MR) is 193 cm³/mol. The van der Waals surface area contributed by atoms with Crippen LogP contribution in [0.1, 0.15) is 226 Å². The molecule has 0 aliphatic carbocycles. The fraction of sp³-hybridized carbons (Fsp3) is 1.00. The second kappa shape index (κ2) is 39.9. The molecular formula is C40H83NO2. The lowest BCUT2D eigenvalue weighted by Crippen LogP contribution is -2.24. The molecule has 3 heteroatoms. The van der Waals surface area contributed by atoms with E-state index in [2.05, 4.69) is 13.8 Å². The maximum absolute atomic E-state index is 6.13. The summed E-state index contributed by atoms with van der Waals surface area (Å²) >= 11 is 0. The first-order valence-corrected chi connectivity index (χ1v) is 20.2. The van der Waals surface area contributed by atoms with Gasteiger partial charge in [-0.25, -0.2) is 0 Å². The van der Waals surface area contributed by atoms with Crippen LogP contribution in [0.4, 0.5) is 0 Å². The zero-order valence-corrected chi connectivity index (χ0v) is 30.1. The average Bonchev–Trinajstić information content (AvgIpc) is 3.01. The van der Waals surface area contributed by atoms with Crippen molar-refractivity contribution < 1.29 is 9.47 Å². The van der Waals surface area contributed by atoms with Crippen molar-refractivity contribution in [1.29, 1.82) is 0 Å². The van der Waals surface area contributed by atoms with Crippen LogP contribution < -0.4 is 5.73 Å². The fourth-order valence-corrected chi connectivity index (χ4v) is 6.27. The third kappa shape index (κ3) is 38.0. The predicted octanol–water partition coefficient (Wildman–Crippen LogP) is 13.3. The molecule has 0 bridgehead atoms. The molecule has 1 unspecified atom stereocenters. The summed E-state index contributed by atoms with van der Waals surface area (Å²) in [5.41, 5.74) is 5.83. The Balaban J connectivity index is 3.34. The van der Waals surface area contributed by atoms with Crippen molar-refractivity contribution in [2.24, 2.45) is 5.73 Å². The monoisotopic (exact) mass is 610 g/mol. The molecule has 0 fully saturated rings. The normalized spacial score (nSPS) is 12.3. The number of nitrogens with two attached hydrogens (primary N) is 1. The van der Waals surface area contributed by atoms with Crippen LogP contribution in [-0.4, -0.2) is 32.5 Å². The summed E-state index contributed by atoms with van der Waals surface area (Å²) in [6.07, 6.45) is 46.2. The van der Waals surface area contributed by atoms with Crippen LogP contribution in [0.15, 0.2) is 0 Å². The highest BCUT2D eigenvalue weighted by Crippen LogP contribution is 2.15. The van der Waals surface area contributed by atoms with Gasteiger partial charge in [0, 0.05) is 13.2 Å². The van der Waals surface area contributed by atoms with Crippen molar-refractivity contribution in [3.05, 3.63) is 0 Å². The van der Waals surface area contributed by atoms with Gasteiger partial charge in [0.15, 0.2) is 0 Å². The molecule has 0 radical (unpaired) electrons. The molecular weight excluding hydrogens is 526 g/mol. The molecule has 2 N–H and O–H groups in total. The maximum Gasteiger partial charge on any atom is 0.0820 e. The van der Waals surface area contributed by atoms with Crippen LogP contribution in [0.2, 0.25) is 0 Å². The van der Waals surface area contributed by atoms with Gasteiger partial charge in [-0.3, -0.25) is 0 Å². The van der Waals surface area contributed by atoms with Crippen molar-refractivity contribution in [1.82, 2.24) is 0 Å². The molecule has 0 aromatic heterocycles. The Bertz CT molecular complexity index is 471. The summed E-state index contributed by atoms with van der Waals surface area (Å²) in [6, 6.07) is 0. The molecule has 0 amide bonds. The Labute approximate surface area is 273 Å². The standard InChI is InChI=1S/C40H83NO2/c1-3-5-7-9-11-13-15-17-19-21-23-25-27-29-31-33-37-42-39-40(35-36-41)43-38-34-32-30-28-26-24-22-20-18-16-14-12-10-8-6-4-2/h40H,3-39,41H2,1-2H3. The molecule has 0 spiro atoms. The Kier molecular flexibility index (Phi) is 39.8. The Morgan fingerprint density at radius 2 is 0.651 bits per heavy atom. The van der Waals surface area contributed by atoms with E-state index in [-0.39, 0.29) is 6.10 Å². The minimum Gasteiger partial charge on any atom is -0.379 e. The van der Waals surface area contributed by atoms with Crippen LogP contribution in [0.5, 0.6) is 0 Å². The lowest BCUT2D eigenvalue weighted by molar-refractivity contribution is -0.0211. The number of unbranched alkanes of at least 4 members (excludes halogenated alkanes) is 30. The Hall–Kier alpha value is -0.120. The number of hydrogen-bond acceptors (Lipinski definition) is 3. The third-order valence-corrected chi connectivity index (χ3v) is 9.29. The van der Waals surface area contributed by atoms with Gasteiger partial charge in [0.05, 0.1) is 12.7 Å². The second-order valence-corrected chi connectivity index (χ2v) is 13.8. The van der Waals surface area contributed by atoms with Gasteiger partial charge in [0.25, 0.3) is 0 Å². The minimum atomic E-state index is 0.183. The van der Waals surface area contributed by atoms with Crippen molar-refractivity contribution in [3.8, 4) is 0 Å². The minimum absolute atomic E-state index is 0.183. The fourth-order valence-electron chi connectivity index (χ4n) is 6.27. The SMILES string of the molecule is CCCCCCCCCCCCCCCCCCOCC(CCN)OCCCCCCCCCCCCCCCCCC. The summed E-state index contributed by atoms with van der Waals surface area (Å²) in [7, 11) is 0. The average molecular weight is 610 g/mol. The molecule has 260 valence electrons.